The molecule has 100 valence electrons. The molecule has 0 radical (unpaired) electrons. The lowest BCUT2D eigenvalue weighted by atomic mass is 9.96. The van der Waals surface area contributed by atoms with Crippen LogP contribution in [-0.4, -0.2) is 25.8 Å². The molecule has 4 heteroatoms. The van der Waals surface area contributed by atoms with Crippen molar-refractivity contribution >= 4 is 10.0 Å². The van der Waals surface area contributed by atoms with Gasteiger partial charge in [0.25, 0.3) is 0 Å². The van der Waals surface area contributed by atoms with Crippen LogP contribution in [0.25, 0.3) is 0 Å². The van der Waals surface area contributed by atoms with E-state index in [1.807, 2.05) is 19.1 Å². The van der Waals surface area contributed by atoms with Crippen LogP contribution in [0.4, 0.5) is 0 Å². The second-order valence-electron chi connectivity index (χ2n) is 5.47. The van der Waals surface area contributed by atoms with Crippen molar-refractivity contribution in [2.45, 2.75) is 32.1 Å². The zero-order valence-corrected chi connectivity index (χ0v) is 12.1. The van der Waals surface area contributed by atoms with Gasteiger partial charge >= 0.3 is 0 Å². The Morgan fingerprint density at radius 1 is 1.22 bits per heavy atom. The fraction of sp³-hybridized carbons (Fsp3) is 0.571. The third kappa shape index (κ3) is 2.59. The number of rotatable bonds is 3. The van der Waals surface area contributed by atoms with Gasteiger partial charge in [0, 0.05) is 13.1 Å². The van der Waals surface area contributed by atoms with Crippen LogP contribution in [0.15, 0.2) is 29.2 Å². The number of hydrogen-bond donors (Lipinski definition) is 0. The van der Waals surface area contributed by atoms with E-state index < -0.39 is 10.0 Å². The third-order valence-corrected chi connectivity index (χ3v) is 5.67. The van der Waals surface area contributed by atoms with E-state index in [1.54, 1.807) is 16.4 Å². The zero-order valence-electron chi connectivity index (χ0n) is 11.3. The standard InChI is InChI=1S/C14H21NO2S/c1-11(2)13-8-9-15(10-13)18(16,17)14-6-4-12(3)5-7-14/h4-7,11,13H,8-10H2,1-3H3/t13-/m0/s1. The molecule has 2 rings (SSSR count). The maximum atomic E-state index is 12.4. The first-order valence-corrected chi connectivity index (χ1v) is 7.92. The third-order valence-electron chi connectivity index (χ3n) is 3.79. The summed E-state index contributed by atoms with van der Waals surface area (Å²) in [6.07, 6.45) is 0.975. The first kappa shape index (κ1) is 13.6. The number of hydrogen-bond acceptors (Lipinski definition) is 2. The van der Waals surface area contributed by atoms with E-state index in [0.717, 1.165) is 12.0 Å². The zero-order chi connectivity index (χ0) is 13.3. The van der Waals surface area contributed by atoms with Crippen LogP contribution in [0.3, 0.4) is 0 Å². The Bertz CT molecular complexity index is 505. The van der Waals surface area contributed by atoms with Gasteiger partial charge in [-0.25, -0.2) is 8.42 Å². The highest BCUT2D eigenvalue weighted by atomic mass is 32.2. The Morgan fingerprint density at radius 3 is 2.33 bits per heavy atom. The molecule has 18 heavy (non-hydrogen) atoms. The van der Waals surface area contributed by atoms with E-state index in [2.05, 4.69) is 13.8 Å². The van der Waals surface area contributed by atoms with Crippen molar-refractivity contribution in [2.24, 2.45) is 11.8 Å². The lowest BCUT2D eigenvalue weighted by Crippen LogP contribution is -2.29. The molecule has 0 saturated carbocycles. The van der Waals surface area contributed by atoms with Gasteiger partial charge in [-0.15, -0.1) is 0 Å². The quantitative estimate of drug-likeness (QED) is 0.844. The van der Waals surface area contributed by atoms with E-state index in [-0.39, 0.29) is 0 Å². The second kappa shape index (κ2) is 5.02. The molecule has 0 unspecified atom stereocenters. The Hall–Kier alpha value is -0.870. The van der Waals surface area contributed by atoms with Crippen molar-refractivity contribution in [3.05, 3.63) is 29.8 Å². The fourth-order valence-electron chi connectivity index (χ4n) is 2.38. The number of aryl methyl sites for hydroxylation is 1. The Kier molecular flexibility index (Phi) is 3.78. The van der Waals surface area contributed by atoms with Gasteiger partial charge in [-0.2, -0.15) is 4.31 Å². The molecule has 0 N–H and O–H groups in total. The van der Waals surface area contributed by atoms with Crippen LogP contribution in [0, 0.1) is 18.8 Å². The normalized spacial score (nSPS) is 21.7. The molecule has 0 amide bonds. The van der Waals surface area contributed by atoms with Crippen molar-refractivity contribution < 1.29 is 8.42 Å². The van der Waals surface area contributed by atoms with E-state index in [1.165, 1.54) is 0 Å². The van der Waals surface area contributed by atoms with E-state index in [9.17, 15) is 8.42 Å². The summed E-state index contributed by atoms with van der Waals surface area (Å²) in [5, 5.41) is 0. The highest BCUT2D eigenvalue weighted by Crippen LogP contribution is 2.28. The minimum Gasteiger partial charge on any atom is -0.207 e. The summed E-state index contributed by atoms with van der Waals surface area (Å²) >= 11 is 0. The molecule has 0 aromatic heterocycles. The predicted molar refractivity (Wildman–Crippen MR) is 72.9 cm³/mol. The molecule has 0 aliphatic carbocycles. The summed E-state index contributed by atoms with van der Waals surface area (Å²) in [5.74, 6) is 1.04. The summed E-state index contributed by atoms with van der Waals surface area (Å²) in [7, 11) is -3.29. The van der Waals surface area contributed by atoms with E-state index >= 15 is 0 Å². The van der Waals surface area contributed by atoms with Gasteiger partial charge in [0.05, 0.1) is 4.90 Å². The van der Waals surface area contributed by atoms with Gasteiger partial charge in [0.1, 0.15) is 0 Å². The summed E-state index contributed by atoms with van der Waals surface area (Å²) in [4.78, 5) is 0.414. The van der Waals surface area contributed by atoms with E-state index in [0.29, 0.717) is 29.8 Å². The SMILES string of the molecule is Cc1ccc(S(=O)(=O)N2CC[C@H](C(C)C)C2)cc1. The van der Waals surface area contributed by atoms with Gasteiger partial charge < -0.3 is 0 Å². The van der Waals surface area contributed by atoms with Crippen LogP contribution < -0.4 is 0 Å². The Morgan fingerprint density at radius 2 is 1.83 bits per heavy atom. The number of benzene rings is 1. The summed E-state index contributed by atoms with van der Waals surface area (Å²) < 4.78 is 26.5. The molecular formula is C14H21NO2S. The number of sulfonamides is 1. The lowest BCUT2D eigenvalue weighted by molar-refractivity contribution is 0.388. The van der Waals surface area contributed by atoms with Crippen LogP contribution in [0.1, 0.15) is 25.8 Å². The highest BCUT2D eigenvalue weighted by molar-refractivity contribution is 7.89. The largest absolute Gasteiger partial charge is 0.243 e. The molecular weight excluding hydrogens is 246 g/mol. The summed E-state index contributed by atoms with van der Waals surface area (Å²) in [6.45, 7) is 7.59. The van der Waals surface area contributed by atoms with Gasteiger partial charge in [-0.05, 0) is 37.3 Å². The maximum Gasteiger partial charge on any atom is 0.243 e. The first-order chi connectivity index (χ1) is 8.41. The molecule has 3 nitrogen and oxygen atoms in total. The topological polar surface area (TPSA) is 37.4 Å². The van der Waals surface area contributed by atoms with Crippen molar-refractivity contribution in [3.63, 3.8) is 0 Å². The minimum atomic E-state index is -3.29. The molecule has 1 fully saturated rings. The Labute approximate surface area is 110 Å². The average Bonchev–Trinajstić information content (AvgIpc) is 2.79. The van der Waals surface area contributed by atoms with Gasteiger partial charge in [0.15, 0.2) is 0 Å². The molecule has 1 saturated heterocycles. The van der Waals surface area contributed by atoms with Crippen molar-refractivity contribution in [3.8, 4) is 0 Å². The van der Waals surface area contributed by atoms with Crippen LogP contribution >= 0.6 is 0 Å². The van der Waals surface area contributed by atoms with Crippen molar-refractivity contribution in [2.75, 3.05) is 13.1 Å². The minimum absolute atomic E-state index is 0.414. The highest BCUT2D eigenvalue weighted by Gasteiger charge is 2.33. The monoisotopic (exact) mass is 267 g/mol. The molecule has 0 spiro atoms. The molecule has 1 aromatic rings. The van der Waals surface area contributed by atoms with Crippen molar-refractivity contribution in [1.82, 2.24) is 4.31 Å². The smallest absolute Gasteiger partial charge is 0.207 e. The van der Waals surface area contributed by atoms with Crippen LogP contribution in [0.2, 0.25) is 0 Å². The van der Waals surface area contributed by atoms with Gasteiger partial charge in [-0.1, -0.05) is 31.5 Å². The fourth-order valence-corrected chi connectivity index (χ4v) is 3.89. The van der Waals surface area contributed by atoms with Crippen LogP contribution in [0.5, 0.6) is 0 Å². The van der Waals surface area contributed by atoms with Crippen LogP contribution in [-0.2, 0) is 10.0 Å². The second-order valence-corrected chi connectivity index (χ2v) is 7.41. The molecule has 1 atom stereocenters. The summed E-state index contributed by atoms with van der Waals surface area (Å²) in [6, 6.07) is 7.10. The maximum absolute atomic E-state index is 12.4. The predicted octanol–water partition coefficient (Wildman–Crippen LogP) is 2.66. The van der Waals surface area contributed by atoms with E-state index in [4.69, 9.17) is 0 Å². The summed E-state index contributed by atoms with van der Waals surface area (Å²) in [5.41, 5.74) is 1.08. The first-order valence-electron chi connectivity index (χ1n) is 6.48. The number of nitrogens with zero attached hydrogens (tertiary/aromatic N) is 1. The van der Waals surface area contributed by atoms with Gasteiger partial charge in [-0.3, -0.25) is 0 Å². The van der Waals surface area contributed by atoms with Crippen molar-refractivity contribution in [1.29, 1.82) is 0 Å². The molecule has 1 aliphatic heterocycles. The molecule has 0 bridgehead atoms. The van der Waals surface area contributed by atoms with Gasteiger partial charge in [0.2, 0.25) is 10.0 Å². The molecule has 1 aromatic carbocycles. The average molecular weight is 267 g/mol. The lowest BCUT2D eigenvalue weighted by Gasteiger charge is -2.18. The molecule has 1 aliphatic rings. The molecule has 1 heterocycles. The Balaban J connectivity index is 2.20.